The Labute approximate surface area is 127 Å². The van der Waals surface area contributed by atoms with Crippen molar-refractivity contribution >= 4 is 11.9 Å². The van der Waals surface area contributed by atoms with Gasteiger partial charge in [-0.25, -0.2) is 0 Å². The molecule has 122 valence electrons. The number of esters is 2. The van der Waals surface area contributed by atoms with Gasteiger partial charge in [0.2, 0.25) is 0 Å². The van der Waals surface area contributed by atoms with E-state index in [1.54, 1.807) is 6.92 Å². The molecule has 0 aliphatic heterocycles. The molecule has 0 heterocycles. The Morgan fingerprint density at radius 2 is 1.90 bits per heavy atom. The van der Waals surface area contributed by atoms with Gasteiger partial charge in [-0.05, 0) is 45.6 Å². The summed E-state index contributed by atoms with van der Waals surface area (Å²) in [5, 5.41) is 3.12. The van der Waals surface area contributed by atoms with Gasteiger partial charge in [0, 0.05) is 0 Å². The third kappa shape index (κ3) is 7.46. The summed E-state index contributed by atoms with van der Waals surface area (Å²) in [6, 6.07) is -0.586. The average Bonchev–Trinajstić information content (AvgIpc) is 2.47. The van der Waals surface area contributed by atoms with Gasteiger partial charge in [0.05, 0.1) is 13.0 Å². The van der Waals surface area contributed by atoms with Crippen LogP contribution in [0.25, 0.3) is 0 Å². The largest absolute Gasteiger partial charge is 0.466 e. The van der Waals surface area contributed by atoms with Crippen LogP contribution < -0.4 is 5.32 Å². The van der Waals surface area contributed by atoms with Crippen molar-refractivity contribution in [3.63, 3.8) is 0 Å². The van der Waals surface area contributed by atoms with Crippen molar-refractivity contribution in [2.24, 2.45) is 0 Å². The summed E-state index contributed by atoms with van der Waals surface area (Å²) in [5.41, 5.74) is 0. The third-order valence-corrected chi connectivity index (χ3v) is 3.72. The quantitative estimate of drug-likeness (QED) is 0.523. The second-order valence-electron chi connectivity index (χ2n) is 5.57. The van der Waals surface area contributed by atoms with E-state index in [4.69, 9.17) is 9.47 Å². The van der Waals surface area contributed by atoms with Crippen molar-refractivity contribution in [3.05, 3.63) is 0 Å². The number of nitrogens with one attached hydrogen (secondary N) is 1. The highest BCUT2D eigenvalue weighted by Gasteiger charge is 2.26. The molecule has 0 amide bonds. The van der Waals surface area contributed by atoms with Crippen LogP contribution in [0.15, 0.2) is 0 Å². The van der Waals surface area contributed by atoms with Crippen LogP contribution in [0, 0.1) is 0 Å². The van der Waals surface area contributed by atoms with Crippen LogP contribution >= 0.6 is 0 Å². The van der Waals surface area contributed by atoms with E-state index in [2.05, 4.69) is 12.2 Å². The van der Waals surface area contributed by atoms with Crippen molar-refractivity contribution in [2.75, 3.05) is 13.2 Å². The van der Waals surface area contributed by atoms with Gasteiger partial charge in [0.1, 0.15) is 12.1 Å². The number of ether oxygens (including phenoxy) is 2. The van der Waals surface area contributed by atoms with Crippen LogP contribution in [0.3, 0.4) is 0 Å². The number of carbonyl (C=O) groups excluding carboxylic acids is 2. The Morgan fingerprint density at radius 3 is 2.52 bits per heavy atom. The summed E-state index contributed by atoms with van der Waals surface area (Å²) in [5.74, 6) is -0.668. The molecule has 0 saturated heterocycles. The highest BCUT2D eigenvalue weighted by molar-refractivity contribution is 5.82. The molecule has 1 aliphatic carbocycles. The molecule has 1 rings (SSSR count). The van der Waals surface area contributed by atoms with Crippen LogP contribution in [0.2, 0.25) is 0 Å². The molecule has 0 aromatic carbocycles. The van der Waals surface area contributed by atoms with E-state index in [1.165, 1.54) is 6.42 Å². The standard InChI is InChI=1S/C16H29NO4/c1-3-5-11-17-14(12-15(18)20-4-2)16(19)21-13-9-7-6-8-10-13/h13-14,17H,3-12H2,1-2H3. The second kappa shape index (κ2) is 10.6. The number of rotatable bonds is 9. The first kappa shape index (κ1) is 18.0. The smallest absolute Gasteiger partial charge is 0.324 e. The lowest BCUT2D eigenvalue weighted by Gasteiger charge is -2.25. The molecule has 21 heavy (non-hydrogen) atoms. The van der Waals surface area contributed by atoms with Crippen molar-refractivity contribution in [3.8, 4) is 0 Å². The maximum absolute atomic E-state index is 12.3. The van der Waals surface area contributed by atoms with Crippen LogP contribution in [0.5, 0.6) is 0 Å². The van der Waals surface area contributed by atoms with Gasteiger partial charge in [-0.2, -0.15) is 0 Å². The lowest BCUT2D eigenvalue weighted by Crippen LogP contribution is -2.42. The van der Waals surface area contributed by atoms with E-state index in [0.717, 1.165) is 38.5 Å². The maximum atomic E-state index is 12.3. The van der Waals surface area contributed by atoms with Gasteiger partial charge in [-0.15, -0.1) is 0 Å². The predicted octanol–water partition coefficient (Wildman–Crippen LogP) is 2.57. The SMILES string of the molecule is CCCCNC(CC(=O)OCC)C(=O)OC1CCCCC1. The molecular formula is C16H29NO4. The van der Waals surface area contributed by atoms with E-state index < -0.39 is 6.04 Å². The van der Waals surface area contributed by atoms with E-state index in [9.17, 15) is 9.59 Å². The normalized spacial score (nSPS) is 17.2. The van der Waals surface area contributed by atoms with Crippen LogP contribution in [-0.4, -0.2) is 37.2 Å². The number of unbranched alkanes of at least 4 members (excludes halogenated alkanes) is 1. The minimum atomic E-state index is -0.586. The first-order chi connectivity index (χ1) is 10.2. The molecule has 1 N–H and O–H groups in total. The van der Waals surface area contributed by atoms with E-state index in [0.29, 0.717) is 13.2 Å². The van der Waals surface area contributed by atoms with Gasteiger partial charge in [0.15, 0.2) is 0 Å². The molecule has 1 unspecified atom stereocenters. The van der Waals surface area contributed by atoms with Crippen molar-refractivity contribution in [1.82, 2.24) is 5.32 Å². The van der Waals surface area contributed by atoms with Gasteiger partial charge in [0.25, 0.3) is 0 Å². The summed E-state index contributed by atoms with van der Waals surface area (Å²) in [6.45, 7) is 4.89. The minimum Gasteiger partial charge on any atom is -0.466 e. The zero-order valence-electron chi connectivity index (χ0n) is 13.4. The fourth-order valence-electron chi connectivity index (χ4n) is 2.51. The van der Waals surface area contributed by atoms with Gasteiger partial charge >= 0.3 is 11.9 Å². The van der Waals surface area contributed by atoms with E-state index in [1.807, 2.05) is 0 Å². The number of hydrogen-bond acceptors (Lipinski definition) is 5. The van der Waals surface area contributed by atoms with Crippen molar-refractivity contribution in [1.29, 1.82) is 0 Å². The zero-order chi connectivity index (χ0) is 15.5. The van der Waals surface area contributed by atoms with E-state index >= 15 is 0 Å². The topological polar surface area (TPSA) is 64.6 Å². The fraction of sp³-hybridized carbons (Fsp3) is 0.875. The molecule has 1 aliphatic rings. The Balaban J connectivity index is 2.47. The molecule has 0 aromatic heterocycles. The molecular weight excluding hydrogens is 270 g/mol. The average molecular weight is 299 g/mol. The Morgan fingerprint density at radius 1 is 1.19 bits per heavy atom. The summed E-state index contributed by atoms with van der Waals surface area (Å²) >= 11 is 0. The monoisotopic (exact) mass is 299 g/mol. The number of hydrogen-bond donors (Lipinski definition) is 1. The van der Waals surface area contributed by atoms with Crippen molar-refractivity contribution in [2.45, 2.75) is 77.4 Å². The van der Waals surface area contributed by atoms with Gasteiger partial charge in [-0.3, -0.25) is 9.59 Å². The maximum Gasteiger partial charge on any atom is 0.324 e. The Bertz CT molecular complexity index is 313. The Hall–Kier alpha value is -1.10. The molecule has 1 fully saturated rings. The molecule has 0 bridgehead atoms. The van der Waals surface area contributed by atoms with Gasteiger partial charge < -0.3 is 14.8 Å². The van der Waals surface area contributed by atoms with Crippen LogP contribution in [-0.2, 0) is 19.1 Å². The van der Waals surface area contributed by atoms with Crippen LogP contribution in [0.4, 0.5) is 0 Å². The molecule has 5 heteroatoms. The predicted molar refractivity (Wildman–Crippen MR) is 80.9 cm³/mol. The minimum absolute atomic E-state index is 0.0175. The first-order valence-corrected chi connectivity index (χ1v) is 8.26. The third-order valence-electron chi connectivity index (χ3n) is 3.72. The molecule has 0 radical (unpaired) electrons. The summed E-state index contributed by atoms with van der Waals surface area (Å²) in [7, 11) is 0. The lowest BCUT2D eigenvalue weighted by molar-refractivity contribution is -0.157. The highest BCUT2D eigenvalue weighted by atomic mass is 16.5. The highest BCUT2D eigenvalue weighted by Crippen LogP contribution is 2.21. The van der Waals surface area contributed by atoms with E-state index in [-0.39, 0.29) is 24.5 Å². The first-order valence-electron chi connectivity index (χ1n) is 8.26. The van der Waals surface area contributed by atoms with Crippen LogP contribution in [0.1, 0.15) is 65.2 Å². The zero-order valence-corrected chi connectivity index (χ0v) is 13.4. The summed E-state index contributed by atoms with van der Waals surface area (Å²) < 4.78 is 10.5. The molecule has 5 nitrogen and oxygen atoms in total. The van der Waals surface area contributed by atoms with Crippen molar-refractivity contribution < 1.29 is 19.1 Å². The lowest BCUT2D eigenvalue weighted by atomic mass is 9.98. The number of carbonyl (C=O) groups is 2. The molecule has 1 atom stereocenters. The fourth-order valence-corrected chi connectivity index (χ4v) is 2.51. The molecule has 0 spiro atoms. The van der Waals surface area contributed by atoms with Gasteiger partial charge in [-0.1, -0.05) is 19.8 Å². The second-order valence-corrected chi connectivity index (χ2v) is 5.57. The molecule has 0 aromatic rings. The Kier molecular flexibility index (Phi) is 9.06. The molecule has 1 saturated carbocycles. The summed E-state index contributed by atoms with van der Waals surface area (Å²) in [4.78, 5) is 23.9. The summed E-state index contributed by atoms with van der Waals surface area (Å²) in [6.07, 6.45) is 7.39.